The zero-order valence-corrected chi connectivity index (χ0v) is 12.1. The number of hydrogen-bond donors (Lipinski definition) is 1. The highest BCUT2D eigenvalue weighted by Crippen LogP contribution is 2.34. The molecular formula is C16H18N2O3. The number of nitrogens with one attached hydrogen (secondary N) is 1. The van der Waals surface area contributed by atoms with E-state index in [1.54, 1.807) is 18.2 Å². The maximum atomic E-state index is 11.2. The Morgan fingerprint density at radius 2 is 1.90 bits per heavy atom. The molecule has 2 aromatic rings. The molecule has 5 heteroatoms. The van der Waals surface area contributed by atoms with Gasteiger partial charge >= 0.3 is 5.69 Å². The van der Waals surface area contributed by atoms with Gasteiger partial charge in [0.25, 0.3) is 0 Å². The largest absolute Gasteiger partial charge is 0.490 e. The van der Waals surface area contributed by atoms with Crippen molar-refractivity contribution in [3.8, 4) is 5.75 Å². The number of rotatable bonds is 6. The highest BCUT2D eigenvalue weighted by atomic mass is 16.6. The van der Waals surface area contributed by atoms with Gasteiger partial charge < -0.3 is 10.1 Å². The first kappa shape index (κ1) is 14.8. The number of nitro groups is 1. The van der Waals surface area contributed by atoms with Crippen LogP contribution in [0.15, 0.2) is 48.5 Å². The zero-order valence-electron chi connectivity index (χ0n) is 12.1. The summed E-state index contributed by atoms with van der Waals surface area (Å²) in [7, 11) is 1.43. The summed E-state index contributed by atoms with van der Waals surface area (Å²) in [5.74, 6) is 0.261. The van der Waals surface area contributed by atoms with Crippen LogP contribution in [0.2, 0.25) is 0 Å². The van der Waals surface area contributed by atoms with E-state index in [1.807, 2.05) is 37.3 Å². The molecule has 1 N–H and O–H groups in total. The Labute approximate surface area is 123 Å². The van der Waals surface area contributed by atoms with Gasteiger partial charge in [-0.2, -0.15) is 0 Å². The molecule has 0 saturated heterocycles. The fourth-order valence-corrected chi connectivity index (χ4v) is 2.28. The van der Waals surface area contributed by atoms with Crippen LogP contribution in [-0.2, 0) is 6.42 Å². The van der Waals surface area contributed by atoms with Crippen molar-refractivity contribution in [3.63, 3.8) is 0 Å². The van der Waals surface area contributed by atoms with Crippen molar-refractivity contribution in [2.24, 2.45) is 0 Å². The Morgan fingerprint density at radius 3 is 2.52 bits per heavy atom. The van der Waals surface area contributed by atoms with Gasteiger partial charge in [0.2, 0.25) is 0 Å². The summed E-state index contributed by atoms with van der Waals surface area (Å²) in [6, 6.07) is 15.1. The second-order valence-electron chi connectivity index (χ2n) is 4.85. The highest BCUT2D eigenvalue weighted by Gasteiger charge is 2.21. The predicted molar refractivity (Wildman–Crippen MR) is 82.9 cm³/mol. The smallest absolute Gasteiger partial charge is 0.333 e. The third-order valence-electron chi connectivity index (χ3n) is 3.19. The van der Waals surface area contributed by atoms with Gasteiger partial charge in [0.1, 0.15) is 5.69 Å². The van der Waals surface area contributed by atoms with Crippen molar-refractivity contribution in [1.82, 2.24) is 0 Å². The minimum absolute atomic E-state index is 0.0279. The molecule has 5 nitrogen and oxygen atoms in total. The monoisotopic (exact) mass is 286 g/mol. The summed E-state index contributed by atoms with van der Waals surface area (Å²) in [6.07, 6.45) is 0.787. The lowest BCUT2D eigenvalue weighted by atomic mass is 10.1. The summed E-state index contributed by atoms with van der Waals surface area (Å²) < 4.78 is 5.07. The fraction of sp³-hybridized carbons (Fsp3) is 0.250. The van der Waals surface area contributed by atoms with E-state index in [0.717, 1.165) is 6.42 Å². The first-order chi connectivity index (χ1) is 10.1. The van der Waals surface area contributed by atoms with Crippen molar-refractivity contribution in [3.05, 3.63) is 64.2 Å². The molecule has 0 amide bonds. The fourth-order valence-electron chi connectivity index (χ4n) is 2.28. The van der Waals surface area contributed by atoms with E-state index in [2.05, 4.69) is 5.32 Å². The maximum Gasteiger partial charge on any atom is 0.333 e. The summed E-state index contributed by atoms with van der Waals surface area (Å²) in [5, 5.41) is 14.4. The van der Waals surface area contributed by atoms with Crippen LogP contribution in [0.4, 0.5) is 11.4 Å². The molecule has 0 bridgehead atoms. The van der Waals surface area contributed by atoms with Crippen LogP contribution in [0.1, 0.15) is 12.5 Å². The lowest BCUT2D eigenvalue weighted by Gasteiger charge is -2.16. The van der Waals surface area contributed by atoms with Crippen LogP contribution < -0.4 is 10.1 Å². The van der Waals surface area contributed by atoms with Crippen molar-refractivity contribution in [2.75, 3.05) is 12.4 Å². The standard InChI is InChI=1S/C16H18N2O3/c1-12(11-13-7-4-3-5-8-13)17-14-9-6-10-15(21-2)16(14)18(19)20/h3-10,12,17H,11H2,1-2H3. The summed E-state index contributed by atoms with van der Waals surface area (Å²) >= 11 is 0. The molecule has 0 heterocycles. The maximum absolute atomic E-state index is 11.2. The Balaban J connectivity index is 2.17. The summed E-state index contributed by atoms with van der Waals surface area (Å²) in [6.45, 7) is 2.00. The minimum Gasteiger partial charge on any atom is -0.490 e. The zero-order chi connectivity index (χ0) is 15.2. The van der Waals surface area contributed by atoms with Gasteiger partial charge in [-0.3, -0.25) is 10.1 Å². The lowest BCUT2D eigenvalue weighted by molar-refractivity contribution is -0.384. The SMILES string of the molecule is COc1cccc(NC(C)Cc2ccccc2)c1[N+](=O)[O-]. The molecule has 1 atom stereocenters. The molecule has 2 rings (SSSR count). The molecule has 0 fully saturated rings. The number of benzene rings is 2. The summed E-state index contributed by atoms with van der Waals surface area (Å²) in [4.78, 5) is 10.8. The second kappa shape index (κ2) is 6.74. The average molecular weight is 286 g/mol. The predicted octanol–water partition coefficient (Wildman–Crippen LogP) is 3.65. The van der Waals surface area contributed by atoms with Gasteiger partial charge in [0.05, 0.1) is 12.0 Å². The van der Waals surface area contributed by atoms with Crippen LogP contribution >= 0.6 is 0 Å². The van der Waals surface area contributed by atoms with E-state index >= 15 is 0 Å². The minimum atomic E-state index is -0.420. The van der Waals surface area contributed by atoms with Gasteiger partial charge in [-0.15, -0.1) is 0 Å². The number of anilines is 1. The van der Waals surface area contributed by atoms with E-state index < -0.39 is 4.92 Å². The number of ether oxygens (including phenoxy) is 1. The molecule has 0 aliphatic carbocycles. The number of nitro benzene ring substituents is 1. The molecule has 0 aromatic heterocycles. The van der Waals surface area contributed by atoms with E-state index in [4.69, 9.17) is 4.74 Å². The van der Waals surface area contributed by atoms with Gasteiger partial charge in [-0.05, 0) is 31.0 Å². The van der Waals surface area contributed by atoms with Crippen molar-refractivity contribution in [2.45, 2.75) is 19.4 Å². The second-order valence-corrected chi connectivity index (χ2v) is 4.85. The molecule has 110 valence electrons. The molecular weight excluding hydrogens is 268 g/mol. The van der Waals surface area contributed by atoms with Crippen molar-refractivity contribution in [1.29, 1.82) is 0 Å². The topological polar surface area (TPSA) is 64.4 Å². The van der Waals surface area contributed by atoms with Gasteiger partial charge in [-0.1, -0.05) is 36.4 Å². The Hall–Kier alpha value is -2.56. The highest BCUT2D eigenvalue weighted by molar-refractivity contribution is 5.68. The van der Waals surface area contributed by atoms with Crippen molar-refractivity contribution < 1.29 is 9.66 Å². The van der Waals surface area contributed by atoms with Crippen LogP contribution in [0.3, 0.4) is 0 Å². The van der Waals surface area contributed by atoms with Gasteiger partial charge in [0.15, 0.2) is 5.75 Å². The molecule has 0 radical (unpaired) electrons. The van der Waals surface area contributed by atoms with E-state index in [-0.39, 0.29) is 17.5 Å². The Kier molecular flexibility index (Phi) is 4.77. The summed E-state index contributed by atoms with van der Waals surface area (Å²) in [5.41, 5.74) is 1.63. The van der Waals surface area contributed by atoms with Crippen molar-refractivity contribution >= 4 is 11.4 Å². The van der Waals surface area contributed by atoms with E-state index in [1.165, 1.54) is 12.7 Å². The number of methoxy groups -OCH3 is 1. The first-order valence-corrected chi connectivity index (χ1v) is 6.73. The molecule has 0 saturated carbocycles. The van der Waals surface area contributed by atoms with Crippen LogP contribution in [0, 0.1) is 10.1 Å². The molecule has 0 aliphatic rings. The van der Waals surface area contributed by atoms with E-state index in [9.17, 15) is 10.1 Å². The molecule has 21 heavy (non-hydrogen) atoms. The third-order valence-corrected chi connectivity index (χ3v) is 3.19. The molecule has 0 spiro atoms. The number of nitrogens with zero attached hydrogens (tertiary/aromatic N) is 1. The first-order valence-electron chi connectivity index (χ1n) is 6.73. The Morgan fingerprint density at radius 1 is 1.19 bits per heavy atom. The van der Waals surface area contributed by atoms with Crippen LogP contribution in [0.25, 0.3) is 0 Å². The van der Waals surface area contributed by atoms with Crippen LogP contribution in [0.5, 0.6) is 5.75 Å². The lowest BCUT2D eigenvalue weighted by Crippen LogP contribution is -2.19. The van der Waals surface area contributed by atoms with E-state index in [0.29, 0.717) is 5.69 Å². The molecule has 2 aromatic carbocycles. The number of hydrogen-bond acceptors (Lipinski definition) is 4. The van der Waals surface area contributed by atoms with Gasteiger partial charge in [-0.25, -0.2) is 0 Å². The molecule has 1 unspecified atom stereocenters. The Bertz CT molecular complexity index is 614. The van der Waals surface area contributed by atoms with Gasteiger partial charge in [0, 0.05) is 6.04 Å². The third kappa shape index (κ3) is 3.72. The average Bonchev–Trinajstić information content (AvgIpc) is 2.47. The number of para-hydroxylation sites is 1. The molecule has 0 aliphatic heterocycles. The quantitative estimate of drug-likeness (QED) is 0.650. The van der Waals surface area contributed by atoms with Crippen LogP contribution in [-0.4, -0.2) is 18.1 Å². The normalized spacial score (nSPS) is 11.7.